The van der Waals surface area contributed by atoms with Crippen LogP contribution in [-0.4, -0.2) is 62.0 Å². The van der Waals surface area contributed by atoms with E-state index in [9.17, 15) is 9.59 Å². The molecule has 2 saturated carbocycles. The van der Waals surface area contributed by atoms with Crippen LogP contribution in [0.2, 0.25) is 0 Å². The molecular weight excluding hydrogens is 344 g/mol. The van der Waals surface area contributed by atoms with Gasteiger partial charge in [-0.25, -0.2) is 0 Å². The smallest absolute Gasteiger partial charge is 0.184 e. The van der Waals surface area contributed by atoms with Crippen molar-refractivity contribution < 1.29 is 19.1 Å². The lowest BCUT2D eigenvalue weighted by Crippen LogP contribution is -2.51. The fraction of sp³-hybridized carbons (Fsp3) is 0.810. The van der Waals surface area contributed by atoms with Crippen LogP contribution < -0.4 is 5.32 Å². The third-order valence-electron chi connectivity index (χ3n) is 6.79. The molecule has 0 spiro atoms. The number of Topliss-reactive ketones (excluding diaryl/α,β-unsaturated/α-hetero) is 2. The molecule has 150 valence electrons. The first-order valence-corrected chi connectivity index (χ1v) is 10.6. The molecule has 0 amide bonds. The van der Waals surface area contributed by atoms with Crippen LogP contribution in [0.15, 0.2) is 11.4 Å². The highest BCUT2D eigenvalue weighted by molar-refractivity contribution is 6.13. The van der Waals surface area contributed by atoms with E-state index in [0.29, 0.717) is 37.7 Å². The van der Waals surface area contributed by atoms with E-state index in [1.807, 2.05) is 0 Å². The lowest BCUT2D eigenvalue weighted by Gasteiger charge is -2.41. The maximum Gasteiger partial charge on any atom is 0.184 e. The maximum absolute atomic E-state index is 13.4. The number of carbonyl (C=O) groups is 2. The zero-order valence-electron chi connectivity index (χ0n) is 16.4. The van der Waals surface area contributed by atoms with Crippen LogP contribution >= 0.6 is 0 Å². The van der Waals surface area contributed by atoms with E-state index in [1.54, 1.807) is 7.11 Å². The Kier molecular flexibility index (Phi) is 5.83. The van der Waals surface area contributed by atoms with Gasteiger partial charge in [-0.3, -0.25) is 9.59 Å². The minimum Gasteiger partial charge on any atom is -0.381 e. The van der Waals surface area contributed by atoms with Crippen LogP contribution in [0.5, 0.6) is 0 Å². The Morgan fingerprint density at radius 3 is 2.37 bits per heavy atom. The summed E-state index contributed by atoms with van der Waals surface area (Å²) in [6.45, 7) is 2.59. The van der Waals surface area contributed by atoms with E-state index in [-0.39, 0.29) is 35.5 Å². The summed E-state index contributed by atoms with van der Waals surface area (Å²) in [5.41, 5.74) is 1.23. The van der Waals surface area contributed by atoms with Gasteiger partial charge in [0.15, 0.2) is 11.6 Å². The van der Waals surface area contributed by atoms with Gasteiger partial charge in [0, 0.05) is 38.1 Å². The third kappa shape index (κ3) is 3.79. The molecule has 0 aromatic rings. The zero-order valence-corrected chi connectivity index (χ0v) is 16.4. The molecule has 3 aliphatic carbocycles. The van der Waals surface area contributed by atoms with Gasteiger partial charge >= 0.3 is 0 Å². The fourth-order valence-electron chi connectivity index (χ4n) is 5.29. The molecule has 0 radical (unpaired) electrons. The molecule has 3 fully saturated rings. The molecule has 0 aromatic heterocycles. The van der Waals surface area contributed by atoms with Crippen molar-refractivity contribution in [2.45, 2.75) is 63.5 Å². The van der Waals surface area contributed by atoms with Crippen molar-refractivity contribution in [3.05, 3.63) is 11.4 Å². The first kappa shape index (κ1) is 18.9. The Balaban J connectivity index is 1.64. The average Bonchev–Trinajstić information content (AvgIpc) is 2.73. The molecule has 1 heterocycles. The van der Waals surface area contributed by atoms with Gasteiger partial charge in [-0.15, -0.1) is 0 Å². The van der Waals surface area contributed by atoms with E-state index in [0.717, 1.165) is 51.4 Å². The largest absolute Gasteiger partial charge is 0.381 e. The van der Waals surface area contributed by atoms with Gasteiger partial charge in [0.05, 0.1) is 19.3 Å². The maximum atomic E-state index is 13.4. The van der Waals surface area contributed by atoms with E-state index in [1.165, 1.54) is 0 Å². The highest BCUT2D eigenvalue weighted by Gasteiger charge is 2.46. The number of rotatable bonds is 4. The standard InChI is InChI=1S/C21H32N2O4/c1-26-15-6-4-5-14(13-15)22-18-19(23-9-11-27-12-10-23)21(25)17-8-3-2-7-16(17)20(18)24/h14-17,22H,2-13H2,1H3. The topological polar surface area (TPSA) is 67.9 Å². The highest BCUT2D eigenvalue weighted by atomic mass is 16.5. The molecule has 1 N–H and O–H groups in total. The Bertz CT molecular complexity index is 611. The average molecular weight is 376 g/mol. The van der Waals surface area contributed by atoms with Crippen LogP contribution in [0, 0.1) is 11.8 Å². The van der Waals surface area contributed by atoms with Crippen molar-refractivity contribution in [3.63, 3.8) is 0 Å². The van der Waals surface area contributed by atoms with E-state index < -0.39 is 0 Å². The fourth-order valence-corrected chi connectivity index (χ4v) is 5.29. The number of hydrogen-bond acceptors (Lipinski definition) is 6. The predicted molar refractivity (Wildman–Crippen MR) is 101 cm³/mol. The SMILES string of the molecule is COC1CCCC(NC2=C(N3CCOCC3)C(=O)C3CCCCC3C2=O)C1. The van der Waals surface area contributed by atoms with Gasteiger partial charge in [0.1, 0.15) is 11.4 Å². The van der Waals surface area contributed by atoms with Gasteiger partial charge < -0.3 is 19.7 Å². The minimum absolute atomic E-state index is 0.118. The number of nitrogens with zero attached hydrogens (tertiary/aromatic N) is 1. The summed E-state index contributed by atoms with van der Waals surface area (Å²) in [5, 5.41) is 3.53. The van der Waals surface area contributed by atoms with Crippen molar-refractivity contribution in [2.24, 2.45) is 11.8 Å². The minimum atomic E-state index is -0.125. The monoisotopic (exact) mass is 376 g/mol. The van der Waals surface area contributed by atoms with Gasteiger partial charge in [-0.1, -0.05) is 12.8 Å². The van der Waals surface area contributed by atoms with Gasteiger partial charge in [0.25, 0.3) is 0 Å². The molecule has 6 nitrogen and oxygen atoms in total. The van der Waals surface area contributed by atoms with Crippen LogP contribution in [-0.2, 0) is 19.1 Å². The molecule has 4 atom stereocenters. The second-order valence-corrected chi connectivity index (χ2v) is 8.41. The lowest BCUT2D eigenvalue weighted by molar-refractivity contribution is -0.134. The number of methoxy groups -OCH3 is 1. The van der Waals surface area contributed by atoms with Gasteiger partial charge in [0.2, 0.25) is 0 Å². The number of hydrogen-bond donors (Lipinski definition) is 1. The van der Waals surface area contributed by atoms with Gasteiger partial charge in [-0.05, 0) is 38.5 Å². The Hall–Kier alpha value is -1.40. The summed E-state index contributed by atoms with van der Waals surface area (Å²) >= 11 is 0. The first-order chi connectivity index (χ1) is 13.2. The Morgan fingerprint density at radius 2 is 1.67 bits per heavy atom. The number of ether oxygens (including phenoxy) is 2. The van der Waals surface area contributed by atoms with Gasteiger partial charge in [-0.2, -0.15) is 0 Å². The lowest BCUT2D eigenvalue weighted by atomic mass is 9.69. The summed E-state index contributed by atoms with van der Waals surface area (Å²) in [7, 11) is 1.76. The summed E-state index contributed by atoms with van der Waals surface area (Å²) in [5.74, 6) is 0.108. The van der Waals surface area contributed by atoms with Crippen molar-refractivity contribution in [1.29, 1.82) is 0 Å². The molecule has 6 heteroatoms. The Labute approximate surface area is 161 Å². The second-order valence-electron chi connectivity index (χ2n) is 8.41. The zero-order chi connectivity index (χ0) is 18.8. The third-order valence-corrected chi connectivity index (χ3v) is 6.79. The molecule has 0 aromatic carbocycles. The normalized spacial score (nSPS) is 35.2. The summed E-state index contributed by atoms with van der Waals surface area (Å²) < 4.78 is 11.0. The van der Waals surface area contributed by atoms with Crippen molar-refractivity contribution in [2.75, 3.05) is 33.4 Å². The molecule has 1 aliphatic heterocycles. The van der Waals surface area contributed by atoms with Crippen LogP contribution in [0.3, 0.4) is 0 Å². The van der Waals surface area contributed by atoms with Crippen molar-refractivity contribution in [3.8, 4) is 0 Å². The number of fused-ring (bicyclic) bond motifs is 1. The first-order valence-electron chi connectivity index (χ1n) is 10.6. The molecule has 4 aliphatic rings. The molecule has 0 bridgehead atoms. The van der Waals surface area contributed by atoms with Crippen molar-refractivity contribution >= 4 is 11.6 Å². The molecule has 4 rings (SSSR count). The number of morpholine rings is 1. The Morgan fingerprint density at radius 1 is 0.963 bits per heavy atom. The molecular formula is C21H32N2O4. The summed E-state index contributed by atoms with van der Waals surface area (Å²) in [6.07, 6.45) is 8.12. The van der Waals surface area contributed by atoms with Crippen molar-refractivity contribution in [1.82, 2.24) is 10.2 Å². The predicted octanol–water partition coefficient (Wildman–Crippen LogP) is 2.04. The molecule has 1 saturated heterocycles. The number of carbonyl (C=O) groups excluding carboxylic acids is 2. The van der Waals surface area contributed by atoms with E-state index in [2.05, 4.69) is 10.2 Å². The second kappa shape index (κ2) is 8.31. The number of allylic oxidation sites excluding steroid dienone is 2. The molecule has 27 heavy (non-hydrogen) atoms. The number of ketones is 2. The summed E-state index contributed by atoms with van der Waals surface area (Å²) in [4.78, 5) is 28.9. The number of nitrogens with one attached hydrogen (secondary N) is 1. The van der Waals surface area contributed by atoms with Crippen LogP contribution in [0.25, 0.3) is 0 Å². The quantitative estimate of drug-likeness (QED) is 0.810. The van der Waals surface area contributed by atoms with E-state index >= 15 is 0 Å². The molecule has 4 unspecified atom stereocenters. The summed E-state index contributed by atoms with van der Waals surface area (Å²) in [6, 6.07) is 0.201. The van der Waals surface area contributed by atoms with E-state index in [4.69, 9.17) is 9.47 Å². The highest BCUT2D eigenvalue weighted by Crippen LogP contribution is 2.40. The van der Waals surface area contributed by atoms with Crippen LogP contribution in [0.1, 0.15) is 51.4 Å². The van der Waals surface area contributed by atoms with Crippen LogP contribution in [0.4, 0.5) is 0 Å².